The summed E-state index contributed by atoms with van der Waals surface area (Å²) >= 11 is 0. The molecule has 3 heterocycles. The molecule has 7 nitrogen and oxygen atoms in total. The molecular weight excluding hydrogens is 350 g/mol. The van der Waals surface area contributed by atoms with E-state index >= 15 is 0 Å². The average molecular weight is 371 g/mol. The topological polar surface area (TPSA) is 106 Å². The van der Waals surface area contributed by atoms with Gasteiger partial charge in [0, 0.05) is 29.2 Å². The lowest BCUT2D eigenvalue weighted by Gasteiger charge is -2.20. The molecule has 0 atom stereocenters. The van der Waals surface area contributed by atoms with Gasteiger partial charge >= 0.3 is 0 Å². The summed E-state index contributed by atoms with van der Waals surface area (Å²) in [7, 11) is 0. The number of aromatic nitrogens is 3. The standard InChI is InChI=1S/C21H21N7/c1-14-11-17(8-10-24-14)26-20-7-5-18(22)21(27-20)28(23)13-15-4-6-19-16(12-15)3-2-9-25-19/h2-12H,13,22-23H2,1H3,(H,24,26,27). The fourth-order valence-electron chi connectivity index (χ4n) is 3.03. The molecule has 5 N–H and O–H groups in total. The predicted octanol–water partition coefficient (Wildman–Crippen LogP) is 3.54. The first-order valence-electron chi connectivity index (χ1n) is 8.90. The molecule has 0 fully saturated rings. The number of nitrogen functional groups attached to an aromatic ring is 1. The average Bonchev–Trinajstić information content (AvgIpc) is 2.69. The fourth-order valence-corrected chi connectivity index (χ4v) is 3.03. The molecule has 7 heteroatoms. The molecule has 1 aromatic carbocycles. The molecule has 4 aromatic rings. The Morgan fingerprint density at radius 1 is 1.00 bits per heavy atom. The van der Waals surface area contributed by atoms with Gasteiger partial charge in [0.25, 0.3) is 0 Å². The number of hydrazine groups is 1. The third kappa shape index (κ3) is 3.84. The highest BCUT2D eigenvalue weighted by Crippen LogP contribution is 2.25. The van der Waals surface area contributed by atoms with Gasteiger partial charge in [-0.2, -0.15) is 0 Å². The van der Waals surface area contributed by atoms with Crippen molar-refractivity contribution in [3.63, 3.8) is 0 Å². The second-order valence-electron chi connectivity index (χ2n) is 6.58. The van der Waals surface area contributed by atoms with E-state index in [1.54, 1.807) is 23.5 Å². The van der Waals surface area contributed by atoms with E-state index in [0.717, 1.165) is 27.8 Å². The van der Waals surface area contributed by atoms with Crippen molar-refractivity contribution < 1.29 is 0 Å². The van der Waals surface area contributed by atoms with Crippen molar-refractivity contribution in [1.29, 1.82) is 0 Å². The van der Waals surface area contributed by atoms with Crippen LogP contribution < -0.4 is 21.9 Å². The molecule has 0 radical (unpaired) electrons. The van der Waals surface area contributed by atoms with Crippen LogP contribution in [0.3, 0.4) is 0 Å². The first-order chi connectivity index (χ1) is 13.6. The normalized spacial score (nSPS) is 10.8. The zero-order valence-electron chi connectivity index (χ0n) is 15.5. The Kier molecular flexibility index (Phi) is 4.74. The summed E-state index contributed by atoms with van der Waals surface area (Å²) in [4.78, 5) is 13.1. The van der Waals surface area contributed by atoms with E-state index in [2.05, 4.69) is 26.3 Å². The van der Waals surface area contributed by atoms with Gasteiger partial charge in [-0.1, -0.05) is 12.1 Å². The lowest BCUT2D eigenvalue weighted by atomic mass is 10.1. The zero-order chi connectivity index (χ0) is 19.5. The highest BCUT2D eigenvalue weighted by Gasteiger charge is 2.11. The number of fused-ring (bicyclic) bond motifs is 1. The summed E-state index contributed by atoms with van der Waals surface area (Å²) in [6.45, 7) is 2.41. The number of nitrogens with zero attached hydrogens (tertiary/aromatic N) is 4. The van der Waals surface area contributed by atoms with Gasteiger partial charge < -0.3 is 11.1 Å². The minimum absolute atomic E-state index is 0.472. The van der Waals surface area contributed by atoms with Gasteiger partial charge in [0.15, 0.2) is 5.82 Å². The summed E-state index contributed by atoms with van der Waals surface area (Å²) in [5, 5.41) is 5.88. The molecule has 0 amide bonds. The summed E-state index contributed by atoms with van der Waals surface area (Å²) in [5.41, 5.74) is 10.5. The minimum atomic E-state index is 0.472. The highest BCUT2D eigenvalue weighted by molar-refractivity contribution is 5.79. The van der Waals surface area contributed by atoms with Crippen molar-refractivity contribution >= 4 is 33.9 Å². The number of hydrogen-bond acceptors (Lipinski definition) is 7. The molecule has 0 saturated carbocycles. The van der Waals surface area contributed by atoms with Crippen molar-refractivity contribution in [2.45, 2.75) is 13.5 Å². The Labute approximate surface area is 163 Å². The fraction of sp³-hybridized carbons (Fsp3) is 0.0952. The molecule has 28 heavy (non-hydrogen) atoms. The van der Waals surface area contributed by atoms with Gasteiger partial charge in [0.1, 0.15) is 5.82 Å². The van der Waals surface area contributed by atoms with E-state index in [1.807, 2.05) is 49.4 Å². The molecule has 0 bridgehead atoms. The molecule has 0 unspecified atom stereocenters. The number of hydrogen-bond donors (Lipinski definition) is 3. The van der Waals surface area contributed by atoms with Crippen LogP contribution in [0.25, 0.3) is 10.9 Å². The van der Waals surface area contributed by atoms with Crippen molar-refractivity contribution in [3.8, 4) is 0 Å². The van der Waals surface area contributed by atoms with E-state index in [4.69, 9.17) is 11.6 Å². The molecule has 0 aliphatic carbocycles. The minimum Gasteiger partial charge on any atom is -0.396 e. The molecular formula is C21H21N7. The van der Waals surface area contributed by atoms with Crippen molar-refractivity contribution in [2.24, 2.45) is 5.84 Å². The summed E-state index contributed by atoms with van der Waals surface area (Å²) < 4.78 is 0. The Morgan fingerprint density at radius 2 is 1.89 bits per heavy atom. The smallest absolute Gasteiger partial charge is 0.168 e. The number of anilines is 4. The first kappa shape index (κ1) is 17.7. The van der Waals surface area contributed by atoms with E-state index in [0.29, 0.717) is 23.9 Å². The van der Waals surface area contributed by atoms with Gasteiger partial charge in [-0.25, -0.2) is 10.8 Å². The van der Waals surface area contributed by atoms with Gasteiger partial charge in [-0.05, 0) is 55.0 Å². The van der Waals surface area contributed by atoms with Crippen LogP contribution in [0.2, 0.25) is 0 Å². The maximum Gasteiger partial charge on any atom is 0.168 e. The van der Waals surface area contributed by atoms with Crippen LogP contribution in [0, 0.1) is 6.92 Å². The predicted molar refractivity (Wildman–Crippen MR) is 113 cm³/mol. The van der Waals surface area contributed by atoms with Crippen molar-refractivity contribution in [3.05, 3.63) is 78.2 Å². The number of aryl methyl sites for hydroxylation is 1. The van der Waals surface area contributed by atoms with Gasteiger partial charge in [-0.3, -0.25) is 15.0 Å². The van der Waals surface area contributed by atoms with E-state index < -0.39 is 0 Å². The third-order valence-corrected chi connectivity index (χ3v) is 4.37. The Morgan fingerprint density at radius 3 is 2.75 bits per heavy atom. The third-order valence-electron chi connectivity index (χ3n) is 4.37. The van der Waals surface area contributed by atoms with Gasteiger partial charge in [-0.15, -0.1) is 0 Å². The number of nitrogens with two attached hydrogens (primary N) is 2. The second kappa shape index (κ2) is 7.50. The summed E-state index contributed by atoms with van der Waals surface area (Å²) in [6, 6.07) is 17.5. The first-order valence-corrected chi connectivity index (χ1v) is 8.90. The van der Waals surface area contributed by atoms with Crippen LogP contribution >= 0.6 is 0 Å². The van der Waals surface area contributed by atoms with Crippen molar-refractivity contribution in [2.75, 3.05) is 16.1 Å². The van der Waals surface area contributed by atoms with Crippen LogP contribution in [-0.4, -0.2) is 15.0 Å². The Balaban J connectivity index is 1.56. The number of pyridine rings is 3. The number of benzene rings is 1. The lowest BCUT2D eigenvalue weighted by molar-refractivity contribution is 0.836. The molecule has 0 aliphatic heterocycles. The maximum absolute atomic E-state index is 6.30. The number of rotatable bonds is 5. The maximum atomic E-state index is 6.30. The summed E-state index contributed by atoms with van der Waals surface area (Å²) in [5.74, 6) is 7.47. The Bertz CT molecular complexity index is 1130. The van der Waals surface area contributed by atoms with Gasteiger partial charge in [0.2, 0.25) is 0 Å². The van der Waals surface area contributed by atoms with Gasteiger partial charge in [0.05, 0.1) is 17.7 Å². The summed E-state index contributed by atoms with van der Waals surface area (Å²) in [6.07, 6.45) is 3.53. The zero-order valence-corrected chi connectivity index (χ0v) is 15.5. The van der Waals surface area contributed by atoms with Crippen LogP contribution in [0.1, 0.15) is 11.3 Å². The quantitative estimate of drug-likeness (QED) is 0.364. The molecule has 0 aliphatic rings. The molecule has 0 saturated heterocycles. The molecule has 140 valence electrons. The van der Waals surface area contributed by atoms with Crippen LogP contribution in [0.15, 0.2) is 67.0 Å². The van der Waals surface area contributed by atoms with Crippen LogP contribution in [-0.2, 0) is 6.54 Å². The lowest BCUT2D eigenvalue weighted by Crippen LogP contribution is -2.31. The largest absolute Gasteiger partial charge is 0.396 e. The highest BCUT2D eigenvalue weighted by atomic mass is 15.4. The van der Waals surface area contributed by atoms with Crippen molar-refractivity contribution in [1.82, 2.24) is 15.0 Å². The van der Waals surface area contributed by atoms with Crippen LogP contribution in [0.5, 0.6) is 0 Å². The molecule has 4 rings (SSSR count). The van der Waals surface area contributed by atoms with E-state index in [9.17, 15) is 0 Å². The molecule has 0 spiro atoms. The monoisotopic (exact) mass is 371 g/mol. The van der Waals surface area contributed by atoms with Crippen LogP contribution in [0.4, 0.5) is 23.0 Å². The SMILES string of the molecule is Cc1cc(Nc2ccc(N)c(N(N)Cc3ccc4ncccc4c3)n2)ccn1. The Hall–Kier alpha value is -3.71. The number of nitrogens with one attached hydrogen (secondary N) is 1. The van der Waals surface area contributed by atoms with E-state index in [1.165, 1.54) is 0 Å². The molecule has 3 aromatic heterocycles. The van der Waals surface area contributed by atoms with E-state index in [-0.39, 0.29) is 0 Å². The second-order valence-corrected chi connectivity index (χ2v) is 6.58.